The van der Waals surface area contributed by atoms with Gasteiger partial charge >= 0.3 is 0 Å². The molecular weight excluding hydrogens is 318 g/mol. The van der Waals surface area contributed by atoms with Gasteiger partial charge in [0.2, 0.25) is 5.88 Å². The van der Waals surface area contributed by atoms with Gasteiger partial charge in [0, 0.05) is 5.56 Å². The van der Waals surface area contributed by atoms with Crippen LogP contribution >= 0.6 is 0 Å². The molecule has 2 heterocycles. The molecule has 128 valence electrons. The van der Waals surface area contributed by atoms with E-state index < -0.39 is 0 Å². The van der Waals surface area contributed by atoms with Crippen molar-refractivity contribution in [3.8, 4) is 23.4 Å². The lowest BCUT2D eigenvalue weighted by atomic mass is 10.1. The van der Waals surface area contributed by atoms with Crippen LogP contribution in [0.1, 0.15) is 22.5 Å². The largest absolute Gasteiger partial charge is 0.496 e. The lowest BCUT2D eigenvalue weighted by Crippen LogP contribution is -2.07. The minimum Gasteiger partial charge on any atom is -0.496 e. The molecule has 3 rings (SSSR count). The summed E-state index contributed by atoms with van der Waals surface area (Å²) in [6.45, 7) is 5.70. The number of nitrogens with zero attached hydrogens (tertiary/aromatic N) is 4. The summed E-state index contributed by atoms with van der Waals surface area (Å²) in [4.78, 5) is 8.80. The maximum absolute atomic E-state index is 9.63. The van der Waals surface area contributed by atoms with Crippen LogP contribution in [-0.4, -0.2) is 28.8 Å². The zero-order valence-electron chi connectivity index (χ0n) is 14.8. The molecule has 2 N–H and O–H groups in total. The second-order valence-corrected chi connectivity index (χ2v) is 5.74. The Morgan fingerprint density at radius 3 is 2.44 bits per heavy atom. The molecule has 0 unspecified atom stereocenters. The Morgan fingerprint density at radius 2 is 1.84 bits per heavy atom. The average Bonchev–Trinajstić information content (AvgIpc) is 2.86. The Morgan fingerprint density at radius 1 is 1.12 bits per heavy atom. The minimum atomic E-state index is 0.300. The first-order chi connectivity index (χ1) is 11.9. The first-order valence-corrected chi connectivity index (χ1v) is 7.71. The minimum absolute atomic E-state index is 0.300. The third-order valence-electron chi connectivity index (χ3n) is 4.26. The summed E-state index contributed by atoms with van der Waals surface area (Å²) in [5, 5.41) is 10.1. The highest BCUT2D eigenvalue weighted by molar-refractivity contribution is 5.95. The summed E-state index contributed by atoms with van der Waals surface area (Å²) >= 11 is 0. The van der Waals surface area contributed by atoms with Crippen molar-refractivity contribution in [3.05, 3.63) is 34.6 Å². The number of hydrogen-bond acceptors (Lipinski definition) is 6. The van der Waals surface area contributed by atoms with Gasteiger partial charge in [0.15, 0.2) is 5.65 Å². The van der Waals surface area contributed by atoms with Gasteiger partial charge in [-0.1, -0.05) is 6.07 Å². The number of nitrogen functional groups attached to an aromatic ring is 1. The Hall–Kier alpha value is -3.27. The normalized spacial score (nSPS) is 10.7. The lowest BCUT2D eigenvalue weighted by molar-refractivity contribution is 0.401. The predicted molar refractivity (Wildman–Crippen MR) is 95.3 cm³/mol. The van der Waals surface area contributed by atoms with Crippen molar-refractivity contribution < 1.29 is 9.47 Å². The van der Waals surface area contributed by atoms with Gasteiger partial charge in [0.1, 0.15) is 34.4 Å². The monoisotopic (exact) mass is 337 g/mol. The summed E-state index contributed by atoms with van der Waals surface area (Å²) in [6, 6.07) is 6.01. The van der Waals surface area contributed by atoms with Crippen molar-refractivity contribution in [2.45, 2.75) is 20.8 Å². The molecule has 25 heavy (non-hydrogen) atoms. The van der Waals surface area contributed by atoms with Crippen LogP contribution in [0.25, 0.3) is 16.7 Å². The highest BCUT2D eigenvalue weighted by Gasteiger charge is 2.24. The number of ether oxygens (including phenoxy) is 2. The molecule has 0 saturated heterocycles. The highest BCUT2D eigenvalue weighted by atomic mass is 16.5. The molecular formula is C18H19N5O2. The van der Waals surface area contributed by atoms with Gasteiger partial charge in [-0.2, -0.15) is 10.2 Å². The van der Waals surface area contributed by atoms with E-state index >= 15 is 0 Å². The molecule has 0 amide bonds. The molecule has 7 heteroatoms. The summed E-state index contributed by atoms with van der Waals surface area (Å²) in [5.41, 5.74) is 9.91. The molecule has 0 spiro atoms. The maximum atomic E-state index is 9.63. The second kappa shape index (κ2) is 5.98. The summed E-state index contributed by atoms with van der Waals surface area (Å²) < 4.78 is 12.6. The van der Waals surface area contributed by atoms with E-state index in [-0.39, 0.29) is 0 Å². The molecule has 0 fully saturated rings. The van der Waals surface area contributed by atoms with Crippen LogP contribution in [0.15, 0.2) is 12.1 Å². The fourth-order valence-electron chi connectivity index (χ4n) is 3.14. The van der Waals surface area contributed by atoms with Crippen molar-refractivity contribution in [3.63, 3.8) is 0 Å². The van der Waals surface area contributed by atoms with Crippen molar-refractivity contribution in [2.75, 3.05) is 20.0 Å². The zero-order chi connectivity index (χ0) is 18.3. The molecule has 0 bridgehead atoms. The Labute approximate surface area is 145 Å². The van der Waals surface area contributed by atoms with Crippen molar-refractivity contribution in [2.24, 2.45) is 0 Å². The van der Waals surface area contributed by atoms with Crippen LogP contribution in [0.5, 0.6) is 11.6 Å². The van der Waals surface area contributed by atoms with E-state index in [0.717, 1.165) is 22.6 Å². The molecule has 3 aromatic rings. The second-order valence-electron chi connectivity index (χ2n) is 5.74. The molecule has 0 saturated carbocycles. The van der Waals surface area contributed by atoms with E-state index in [4.69, 9.17) is 15.2 Å². The van der Waals surface area contributed by atoms with Gasteiger partial charge in [-0.05, 0) is 32.4 Å². The number of aryl methyl sites for hydroxylation is 2. The SMILES string of the molecule is COc1ccc(C)c(-n2c(N)c(C#N)c3c(OC)nc(C)nc32)c1C. The maximum Gasteiger partial charge on any atom is 0.227 e. The Bertz CT molecular complexity index is 1030. The number of rotatable bonds is 3. The van der Waals surface area contributed by atoms with E-state index in [1.165, 1.54) is 7.11 Å². The number of methoxy groups -OCH3 is 2. The number of aromatic nitrogens is 3. The number of fused-ring (bicyclic) bond motifs is 1. The van der Waals surface area contributed by atoms with Gasteiger partial charge in [-0.15, -0.1) is 0 Å². The van der Waals surface area contributed by atoms with Gasteiger partial charge in [-0.3, -0.25) is 4.57 Å². The Kier molecular flexibility index (Phi) is 3.97. The van der Waals surface area contributed by atoms with Crippen LogP contribution in [0.2, 0.25) is 0 Å². The number of nitrogens with two attached hydrogens (primary N) is 1. The number of hydrogen-bond donors (Lipinski definition) is 1. The number of anilines is 1. The van der Waals surface area contributed by atoms with E-state index in [1.54, 1.807) is 18.6 Å². The summed E-state index contributed by atoms with van der Waals surface area (Å²) in [6.07, 6.45) is 0. The molecule has 2 aromatic heterocycles. The van der Waals surface area contributed by atoms with E-state index in [2.05, 4.69) is 16.0 Å². The molecule has 0 aliphatic heterocycles. The van der Waals surface area contributed by atoms with Gasteiger partial charge in [-0.25, -0.2) is 4.98 Å². The lowest BCUT2D eigenvalue weighted by Gasteiger charge is -2.16. The summed E-state index contributed by atoms with van der Waals surface area (Å²) in [5.74, 6) is 1.90. The predicted octanol–water partition coefficient (Wildman–Crippen LogP) is 2.82. The third-order valence-corrected chi connectivity index (χ3v) is 4.26. The highest BCUT2D eigenvalue weighted by Crippen LogP contribution is 2.38. The van der Waals surface area contributed by atoms with Crippen molar-refractivity contribution >= 4 is 16.9 Å². The van der Waals surface area contributed by atoms with Crippen LogP contribution in [0.3, 0.4) is 0 Å². The van der Waals surface area contributed by atoms with E-state index in [0.29, 0.717) is 34.1 Å². The average molecular weight is 337 g/mol. The standard InChI is InChI=1S/C18H19N5O2/c1-9-6-7-13(24-4)10(2)15(9)23-16(20)12(8-19)14-17(23)21-11(3)22-18(14)25-5/h6-7H,20H2,1-5H3. The van der Waals surface area contributed by atoms with Crippen LogP contribution in [-0.2, 0) is 0 Å². The summed E-state index contributed by atoms with van der Waals surface area (Å²) in [7, 11) is 3.13. The van der Waals surface area contributed by atoms with Crippen molar-refractivity contribution in [1.82, 2.24) is 14.5 Å². The smallest absolute Gasteiger partial charge is 0.227 e. The van der Waals surface area contributed by atoms with Crippen LogP contribution < -0.4 is 15.2 Å². The van der Waals surface area contributed by atoms with Crippen molar-refractivity contribution in [1.29, 1.82) is 5.26 Å². The van der Waals surface area contributed by atoms with Crippen LogP contribution in [0.4, 0.5) is 5.82 Å². The topological polar surface area (TPSA) is 99.0 Å². The number of nitriles is 1. The van der Waals surface area contributed by atoms with Crippen LogP contribution in [0, 0.1) is 32.1 Å². The van der Waals surface area contributed by atoms with Gasteiger partial charge in [0.05, 0.1) is 19.9 Å². The van der Waals surface area contributed by atoms with Gasteiger partial charge < -0.3 is 15.2 Å². The molecule has 1 aromatic carbocycles. The van der Waals surface area contributed by atoms with E-state index in [1.807, 2.05) is 26.0 Å². The Balaban J connectivity index is 2.54. The zero-order valence-corrected chi connectivity index (χ0v) is 14.8. The molecule has 0 atom stereocenters. The quantitative estimate of drug-likeness (QED) is 0.789. The fourth-order valence-corrected chi connectivity index (χ4v) is 3.14. The molecule has 7 nitrogen and oxygen atoms in total. The molecule has 0 radical (unpaired) electrons. The molecule has 0 aliphatic carbocycles. The molecule has 0 aliphatic rings. The fraction of sp³-hybridized carbons (Fsp3) is 0.278. The first-order valence-electron chi connectivity index (χ1n) is 7.71. The number of benzene rings is 1. The third kappa shape index (κ3) is 2.34. The first kappa shape index (κ1) is 16.6. The van der Waals surface area contributed by atoms with Gasteiger partial charge in [0.25, 0.3) is 0 Å². The van der Waals surface area contributed by atoms with E-state index in [9.17, 15) is 5.26 Å².